The van der Waals surface area contributed by atoms with E-state index in [4.69, 9.17) is 0 Å². The molecule has 0 atom stereocenters. The first-order valence-corrected chi connectivity index (χ1v) is 21.2. The maximum Gasteiger partial charge on any atom is 2.00 e. The minimum absolute atomic E-state index is 0. The molecule has 0 aliphatic rings. The predicted molar refractivity (Wildman–Crippen MR) is 222 cm³/mol. The van der Waals surface area contributed by atoms with Crippen LogP contribution in [0.15, 0.2) is 109 Å². The summed E-state index contributed by atoms with van der Waals surface area (Å²) >= 11 is 0. The van der Waals surface area contributed by atoms with Crippen LogP contribution in [0.5, 0.6) is 0 Å². The van der Waals surface area contributed by atoms with Gasteiger partial charge in [-0.25, -0.2) is 0 Å². The third kappa shape index (κ3) is 11.6. The summed E-state index contributed by atoms with van der Waals surface area (Å²) in [4.78, 5) is 0. The molecule has 0 saturated carbocycles. The van der Waals surface area contributed by atoms with Crippen molar-refractivity contribution in [1.29, 1.82) is 0 Å². The molecule has 2 radical (unpaired) electrons. The Balaban J connectivity index is 0.000000246. The summed E-state index contributed by atoms with van der Waals surface area (Å²) in [6.07, 6.45) is 14.8. The molecule has 2 heteroatoms. The minimum Gasteiger partial charge on any atom is -0.164 e. The number of fused-ring (bicyclic) bond motifs is 2. The molecule has 50 heavy (non-hydrogen) atoms. The van der Waals surface area contributed by atoms with Crippen LogP contribution in [0.25, 0.3) is 43.8 Å². The van der Waals surface area contributed by atoms with E-state index in [1.54, 1.807) is 0 Å². The second-order valence-electron chi connectivity index (χ2n) is 13.6. The van der Waals surface area contributed by atoms with Crippen LogP contribution in [0, 0.1) is 0 Å². The Kier molecular flexibility index (Phi) is 19.1. The van der Waals surface area contributed by atoms with Gasteiger partial charge in [0.15, 0.2) is 0 Å². The largest absolute Gasteiger partial charge is 2.00 e. The van der Waals surface area contributed by atoms with Crippen molar-refractivity contribution in [2.24, 2.45) is 0 Å². The number of hydrogen-bond acceptors (Lipinski definition) is 0. The molecule has 0 fully saturated rings. The maximum atomic E-state index is 2.41. The Bertz CT molecular complexity index is 1690. The molecule has 0 aromatic heterocycles. The SMILES string of the molecule is CCCCc1cc2c(-c3ccccc3CCCC)cccc2[cH-]1.CCCCc1cc2c(-c3ccccc3CCCC)cccc2[cH-]1.C[Si]C.[Zr+2]. The zero-order chi connectivity index (χ0) is 34.8. The van der Waals surface area contributed by atoms with Gasteiger partial charge in [-0.3, -0.25) is 0 Å². The second-order valence-corrected chi connectivity index (χ2v) is 14.6. The van der Waals surface area contributed by atoms with Crippen molar-refractivity contribution in [3.8, 4) is 22.3 Å². The monoisotopic (exact) mass is 754 g/mol. The molecule has 0 aliphatic carbocycles. The van der Waals surface area contributed by atoms with Gasteiger partial charge in [0.2, 0.25) is 0 Å². The van der Waals surface area contributed by atoms with E-state index >= 15 is 0 Å². The normalized spacial score (nSPS) is 10.7. The van der Waals surface area contributed by atoms with Crippen molar-refractivity contribution in [2.75, 3.05) is 0 Å². The quantitative estimate of drug-likeness (QED) is 0.0767. The van der Waals surface area contributed by atoms with E-state index in [1.807, 2.05) is 0 Å². The Labute approximate surface area is 326 Å². The number of benzene rings is 4. The van der Waals surface area contributed by atoms with E-state index in [1.165, 1.54) is 143 Å². The molecular weight excluding hydrogens is 696 g/mol. The van der Waals surface area contributed by atoms with E-state index in [0.29, 0.717) is 0 Å². The molecule has 6 aromatic carbocycles. The van der Waals surface area contributed by atoms with Gasteiger partial charge in [-0.15, -0.1) is 69.1 Å². The van der Waals surface area contributed by atoms with Gasteiger partial charge in [-0.2, -0.15) is 12.1 Å². The van der Waals surface area contributed by atoms with Crippen LogP contribution in [0.4, 0.5) is 0 Å². The second kappa shape index (κ2) is 22.9. The fourth-order valence-electron chi connectivity index (χ4n) is 6.85. The summed E-state index contributed by atoms with van der Waals surface area (Å²) in [5, 5.41) is 5.61. The fraction of sp³-hybridized carbons (Fsp3) is 0.375. The van der Waals surface area contributed by atoms with Crippen LogP contribution in [0.2, 0.25) is 13.1 Å². The third-order valence-electron chi connectivity index (χ3n) is 9.47. The summed E-state index contributed by atoms with van der Waals surface area (Å²) in [6.45, 7) is 13.4. The van der Waals surface area contributed by atoms with Crippen molar-refractivity contribution in [3.05, 3.63) is 131 Å². The van der Waals surface area contributed by atoms with E-state index in [2.05, 4.69) is 150 Å². The molecular formula is C48H60SiZr. The van der Waals surface area contributed by atoms with Crippen LogP contribution in [-0.2, 0) is 51.9 Å². The minimum atomic E-state index is 0. The maximum absolute atomic E-state index is 2.41. The summed E-state index contributed by atoms with van der Waals surface area (Å²) < 4.78 is 0. The molecule has 0 bridgehead atoms. The van der Waals surface area contributed by atoms with Gasteiger partial charge >= 0.3 is 26.2 Å². The fourth-order valence-corrected chi connectivity index (χ4v) is 6.85. The zero-order valence-corrected chi connectivity index (χ0v) is 35.3. The van der Waals surface area contributed by atoms with Crippen molar-refractivity contribution < 1.29 is 26.2 Å². The van der Waals surface area contributed by atoms with Crippen LogP contribution in [0.1, 0.15) is 101 Å². The number of aryl methyl sites for hydroxylation is 4. The van der Waals surface area contributed by atoms with Gasteiger partial charge in [0.1, 0.15) is 0 Å². The molecule has 6 aromatic rings. The van der Waals surface area contributed by atoms with E-state index in [-0.39, 0.29) is 26.2 Å². The molecule has 0 nitrogen and oxygen atoms in total. The molecule has 0 unspecified atom stereocenters. The molecule has 0 saturated heterocycles. The van der Waals surface area contributed by atoms with E-state index < -0.39 is 0 Å². The first kappa shape index (κ1) is 41.6. The molecule has 0 N–H and O–H groups in total. The Morgan fingerprint density at radius 1 is 0.440 bits per heavy atom. The van der Waals surface area contributed by atoms with Crippen LogP contribution in [0.3, 0.4) is 0 Å². The molecule has 260 valence electrons. The average molecular weight is 756 g/mol. The van der Waals surface area contributed by atoms with Gasteiger partial charge in [-0.05, 0) is 60.8 Å². The predicted octanol–water partition coefficient (Wildman–Crippen LogP) is 14.6. The third-order valence-corrected chi connectivity index (χ3v) is 9.47. The number of rotatable bonds is 14. The van der Waals surface area contributed by atoms with Gasteiger partial charge < -0.3 is 0 Å². The summed E-state index contributed by atoms with van der Waals surface area (Å²) in [6, 6.07) is 40.9. The Morgan fingerprint density at radius 3 is 1.16 bits per heavy atom. The van der Waals surface area contributed by atoms with E-state index in [9.17, 15) is 0 Å². The summed E-state index contributed by atoms with van der Waals surface area (Å²) in [5.74, 6) is 0. The van der Waals surface area contributed by atoms with Crippen LogP contribution in [-0.4, -0.2) is 9.52 Å². The van der Waals surface area contributed by atoms with Gasteiger partial charge in [-0.1, -0.05) is 151 Å². The van der Waals surface area contributed by atoms with Gasteiger partial charge in [0.05, 0.1) is 0 Å². The van der Waals surface area contributed by atoms with Crippen LogP contribution >= 0.6 is 0 Å². The average Bonchev–Trinajstić information content (AvgIpc) is 3.76. The molecule has 0 aliphatic heterocycles. The van der Waals surface area contributed by atoms with Crippen molar-refractivity contribution in [2.45, 2.75) is 118 Å². The summed E-state index contributed by atoms with van der Waals surface area (Å²) in [5.41, 5.74) is 11.6. The number of hydrogen-bond donors (Lipinski definition) is 0. The smallest absolute Gasteiger partial charge is 0.164 e. The molecule has 0 spiro atoms. The first-order chi connectivity index (χ1) is 24.1. The van der Waals surface area contributed by atoms with Gasteiger partial charge in [0, 0.05) is 9.52 Å². The summed E-state index contributed by atoms with van der Waals surface area (Å²) in [7, 11) is 1.08. The molecule has 0 amide bonds. The first-order valence-electron chi connectivity index (χ1n) is 19.2. The topological polar surface area (TPSA) is 0 Å². The Hall–Kier alpha value is -2.80. The standard InChI is InChI=1S/2C23H27.C2H6Si.Zr/c2*1-3-5-10-18-16-20-13-9-15-22(23(20)17-18)21-14-8-7-12-19(21)11-6-4-2;1-3-2;/h2*7-9,12-17H,3-6,10-11H2,1-2H3;1-2H3;/q2*-1;;+2. The Morgan fingerprint density at radius 2 is 0.780 bits per heavy atom. The molecule has 6 rings (SSSR count). The van der Waals surface area contributed by atoms with Gasteiger partial charge in [0.25, 0.3) is 0 Å². The van der Waals surface area contributed by atoms with Crippen molar-refractivity contribution in [3.63, 3.8) is 0 Å². The van der Waals surface area contributed by atoms with Crippen LogP contribution < -0.4 is 0 Å². The van der Waals surface area contributed by atoms with Crippen molar-refractivity contribution in [1.82, 2.24) is 0 Å². The van der Waals surface area contributed by atoms with Crippen molar-refractivity contribution >= 4 is 31.1 Å². The zero-order valence-electron chi connectivity index (χ0n) is 31.9. The number of unbranched alkanes of at least 4 members (excludes halogenated alkanes) is 4. The molecule has 0 heterocycles. The van der Waals surface area contributed by atoms with E-state index in [0.717, 1.165) is 9.52 Å².